The summed E-state index contributed by atoms with van der Waals surface area (Å²) in [6.07, 6.45) is 6.18. The van der Waals surface area contributed by atoms with E-state index >= 15 is 0 Å². The monoisotopic (exact) mass is 426 g/mol. The summed E-state index contributed by atoms with van der Waals surface area (Å²) in [4.78, 5) is 0. The first-order valence-corrected chi connectivity index (χ1v) is 11.3. The highest BCUT2D eigenvalue weighted by Gasteiger charge is 2.03. The van der Waals surface area contributed by atoms with Gasteiger partial charge < -0.3 is 0 Å². The maximum atomic E-state index is 14.5. The topological polar surface area (TPSA) is 0 Å². The molecule has 0 radical (unpaired) electrons. The molecule has 0 bridgehead atoms. The fraction of sp³-hybridized carbons (Fsp3) is 0.267. The predicted octanol–water partition coefficient (Wildman–Crippen LogP) is 7.45. The highest BCUT2D eigenvalue weighted by atomic mass is 19.1. The molecule has 3 aromatic rings. The molecule has 162 valence electrons. The van der Waals surface area contributed by atoms with Gasteiger partial charge >= 0.3 is 0 Å². The van der Waals surface area contributed by atoms with Gasteiger partial charge in [0.05, 0.1) is 5.56 Å². The van der Waals surface area contributed by atoms with Crippen molar-refractivity contribution in [2.45, 2.75) is 52.4 Å². The maximum Gasteiger partial charge on any atom is 0.140 e. The Hall–Kier alpha value is -3.36. The van der Waals surface area contributed by atoms with Gasteiger partial charge in [-0.1, -0.05) is 75.0 Å². The van der Waals surface area contributed by atoms with E-state index in [1.807, 2.05) is 30.3 Å². The first-order chi connectivity index (χ1) is 15.6. The molecule has 0 fully saturated rings. The summed E-state index contributed by atoms with van der Waals surface area (Å²) in [7, 11) is 0. The molecule has 0 amide bonds. The van der Waals surface area contributed by atoms with Crippen LogP contribution in [0, 0.1) is 35.3 Å². The summed E-state index contributed by atoms with van der Waals surface area (Å²) in [6, 6.07) is 17.8. The van der Waals surface area contributed by atoms with Crippen molar-refractivity contribution in [3.05, 3.63) is 106 Å². The number of benzene rings is 3. The molecule has 0 aliphatic rings. The Morgan fingerprint density at radius 2 is 1.25 bits per heavy atom. The minimum absolute atomic E-state index is 0.225. The van der Waals surface area contributed by atoms with Crippen molar-refractivity contribution >= 4 is 0 Å². The van der Waals surface area contributed by atoms with Gasteiger partial charge in [0, 0.05) is 16.7 Å². The normalized spacial score (nSPS) is 10.1. The van der Waals surface area contributed by atoms with Gasteiger partial charge in [0.2, 0.25) is 0 Å². The van der Waals surface area contributed by atoms with Crippen molar-refractivity contribution < 1.29 is 8.78 Å². The Bertz CT molecular complexity index is 1170. The van der Waals surface area contributed by atoms with Crippen molar-refractivity contribution in [2.24, 2.45) is 0 Å². The van der Waals surface area contributed by atoms with Gasteiger partial charge in [-0.25, -0.2) is 8.78 Å². The van der Waals surface area contributed by atoms with E-state index in [0.29, 0.717) is 16.7 Å². The third-order valence-electron chi connectivity index (χ3n) is 5.38. The molecule has 0 saturated carbocycles. The average Bonchev–Trinajstić information content (AvgIpc) is 2.81. The van der Waals surface area contributed by atoms with E-state index in [9.17, 15) is 8.78 Å². The van der Waals surface area contributed by atoms with E-state index in [0.717, 1.165) is 43.2 Å². The molecule has 0 heterocycles. The third kappa shape index (κ3) is 6.83. The molecule has 0 spiro atoms. The molecule has 3 aromatic carbocycles. The largest absolute Gasteiger partial charge is 0.207 e. The van der Waals surface area contributed by atoms with Gasteiger partial charge in [0.15, 0.2) is 0 Å². The van der Waals surface area contributed by atoms with E-state index < -0.39 is 5.82 Å². The summed E-state index contributed by atoms with van der Waals surface area (Å²) in [5.41, 5.74) is 4.26. The molecule has 3 rings (SSSR count). The number of rotatable bonds is 6. The van der Waals surface area contributed by atoms with Crippen LogP contribution in [0.3, 0.4) is 0 Å². The van der Waals surface area contributed by atoms with Gasteiger partial charge in [-0.2, -0.15) is 0 Å². The predicted molar refractivity (Wildman–Crippen MR) is 128 cm³/mol. The van der Waals surface area contributed by atoms with Gasteiger partial charge in [0.1, 0.15) is 11.6 Å². The summed E-state index contributed by atoms with van der Waals surface area (Å²) in [5.74, 6) is 11.1. The minimum Gasteiger partial charge on any atom is -0.207 e. The maximum absolute atomic E-state index is 14.5. The molecular formula is C30H28F2. The molecule has 32 heavy (non-hydrogen) atoms. The van der Waals surface area contributed by atoms with E-state index in [2.05, 4.69) is 37.5 Å². The summed E-state index contributed by atoms with van der Waals surface area (Å²) < 4.78 is 28.8. The van der Waals surface area contributed by atoms with Crippen molar-refractivity contribution in [3.8, 4) is 23.7 Å². The van der Waals surface area contributed by atoms with Crippen molar-refractivity contribution in [3.63, 3.8) is 0 Å². The van der Waals surface area contributed by atoms with Gasteiger partial charge in [-0.15, -0.1) is 0 Å². The molecule has 0 atom stereocenters. The van der Waals surface area contributed by atoms with Crippen LogP contribution >= 0.6 is 0 Å². The van der Waals surface area contributed by atoms with Crippen LogP contribution < -0.4 is 0 Å². The third-order valence-corrected chi connectivity index (χ3v) is 5.38. The van der Waals surface area contributed by atoms with Crippen molar-refractivity contribution in [1.82, 2.24) is 0 Å². The number of hydrogen-bond donors (Lipinski definition) is 0. The molecule has 0 unspecified atom stereocenters. The van der Waals surface area contributed by atoms with E-state index in [1.54, 1.807) is 18.2 Å². The number of hydrogen-bond acceptors (Lipinski definition) is 0. The van der Waals surface area contributed by atoms with Crippen LogP contribution in [0.2, 0.25) is 0 Å². The zero-order chi connectivity index (χ0) is 22.8. The van der Waals surface area contributed by atoms with E-state index in [1.165, 1.54) is 24.1 Å². The minimum atomic E-state index is -0.414. The Morgan fingerprint density at radius 1 is 0.625 bits per heavy atom. The fourth-order valence-electron chi connectivity index (χ4n) is 3.37. The van der Waals surface area contributed by atoms with Crippen LogP contribution in [0.25, 0.3) is 0 Å². The number of aryl methyl sites for hydroxylation is 2. The molecule has 2 heteroatoms. The second kappa shape index (κ2) is 11.9. The number of unbranched alkanes of at least 4 members (excludes halogenated alkanes) is 3. The standard InChI is InChI=1S/C30H28F2/c1-3-5-6-7-8-27-19-16-25(21-29(27)31)13-14-26-17-20-28(30(32)22-26)18-15-24-11-9-23(4-2)10-12-24/h9-12,16-17,19-22H,3-8H2,1-2H3. The average molecular weight is 427 g/mol. The lowest BCUT2D eigenvalue weighted by Gasteiger charge is -2.03. The molecule has 0 aliphatic carbocycles. The lowest BCUT2D eigenvalue weighted by Crippen LogP contribution is -1.92. The lowest BCUT2D eigenvalue weighted by molar-refractivity contribution is 0.593. The van der Waals surface area contributed by atoms with Crippen LogP contribution in [0.15, 0.2) is 60.7 Å². The van der Waals surface area contributed by atoms with Crippen LogP contribution in [0.1, 0.15) is 72.9 Å². The summed E-state index contributed by atoms with van der Waals surface area (Å²) in [6.45, 7) is 4.26. The second-order valence-electron chi connectivity index (χ2n) is 7.86. The van der Waals surface area contributed by atoms with E-state index in [-0.39, 0.29) is 5.82 Å². The van der Waals surface area contributed by atoms with Crippen LogP contribution in [0.4, 0.5) is 8.78 Å². The van der Waals surface area contributed by atoms with Crippen molar-refractivity contribution in [1.29, 1.82) is 0 Å². The van der Waals surface area contributed by atoms with Crippen LogP contribution in [-0.2, 0) is 12.8 Å². The SMILES string of the molecule is CCCCCCc1ccc(C#Cc2ccc(C#Cc3ccc(CC)cc3)c(F)c2)cc1F. The Morgan fingerprint density at radius 3 is 1.88 bits per heavy atom. The van der Waals surface area contributed by atoms with Gasteiger partial charge in [-0.05, 0) is 72.9 Å². The van der Waals surface area contributed by atoms with Gasteiger partial charge in [-0.3, -0.25) is 0 Å². The fourth-order valence-corrected chi connectivity index (χ4v) is 3.37. The Balaban J connectivity index is 1.67. The zero-order valence-electron chi connectivity index (χ0n) is 18.8. The molecule has 0 saturated heterocycles. The second-order valence-corrected chi connectivity index (χ2v) is 7.86. The Labute approximate surface area is 190 Å². The highest BCUT2D eigenvalue weighted by Crippen LogP contribution is 2.15. The molecule has 0 aromatic heterocycles. The van der Waals surface area contributed by atoms with Gasteiger partial charge in [0.25, 0.3) is 0 Å². The van der Waals surface area contributed by atoms with Crippen molar-refractivity contribution in [2.75, 3.05) is 0 Å². The molecular weight excluding hydrogens is 398 g/mol. The van der Waals surface area contributed by atoms with Crippen LogP contribution in [0.5, 0.6) is 0 Å². The number of halogens is 2. The van der Waals surface area contributed by atoms with E-state index in [4.69, 9.17) is 0 Å². The molecule has 0 aliphatic heterocycles. The summed E-state index contributed by atoms with van der Waals surface area (Å²) >= 11 is 0. The summed E-state index contributed by atoms with van der Waals surface area (Å²) in [5, 5.41) is 0. The molecule has 0 nitrogen and oxygen atoms in total. The Kier molecular flexibility index (Phi) is 8.65. The first kappa shape index (κ1) is 23.3. The highest BCUT2D eigenvalue weighted by molar-refractivity contribution is 5.49. The first-order valence-electron chi connectivity index (χ1n) is 11.3. The zero-order valence-corrected chi connectivity index (χ0v) is 18.8. The lowest BCUT2D eigenvalue weighted by atomic mass is 10.0. The smallest absolute Gasteiger partial charge is 0.140 e. The quantitative estimate of drug-likeness (QED) is 0.284. The van der Waals surface area contributed by atoms with Crippen LogP contribution in [-0.4, -0.2) is 0 Å². The molecule has 0 N–H and O–H groups in total.